The Morgan fingerprint density at radius 2 is 2.10 bits per heavy atom. The van der Waals surface area contributed by atoms with Crippen molar-refractivity contribution in [2.75, 3.05) is 19.6 Å². The van der Waals surface area contributed by atoms with Crippen LogP contribution in [0.4, 0.5) is 0 Å². The summed E-state index contributed by atoms with van der Waals surface area (Å²) in [6, 6.07) is 12.0. The first-order valence-corrected chi connectivity index (χ1v) is 10.0. The quantitative estimate of drug-likeness (QED) is 0.688. The Bertz CT molecular complexity index is 964. The number of benzene rings is 1. The second-order valence-electron chi connectivity index (χ2n) is 7.65. The maximum absolute atomic E-state index is 12.3. The molecule has 1 N–H and O–H groups in total. The molecule has 1 atom stereocenters. The van der Waals surface area contributed by atoms with Gasteiger partial charge in [0.15, 0.2) is 11.7 Å². The van der Waals surface area contributed by atoms with Crippen LogP contribution in [-0.2, 0) is 6.54 Å². The highest BCUT2D eigenvalue weighted by Gasteiger charge is 2.23. The van der Waals surface area contributed by atoms with Crippen molar-refractivity contribution < 1.29 is 13.7 Å². The number of aromatic nitrogens is 2. The molecule has 0 radical (unpaired) electrons. The summed E-state index contributed by atoms with van der Waals surface area (Å²) in [6.45, 7) is 6.82. The average molecular weight is 394 g/mol. The van der Waals surface area contributed by atoms with E-state index in [1.807, 2.05) is 36.4 Å². The maximum atomic E-state index is 12.3. The molecule has 152 valence electrons. The molecule has 1 fully saturated rings. The van der Waals surface area contributed by atoms with E-state index in [4.69, 9.17) is 8.94 Å². The first-order valence-electron chi connectivity index (χ1n) is 10.0. The fourth-order valence-corrected chi connectivity index (χ4v) is 3.87. The molecule has 3 heterocycles. The number of piperidine rings is 1. The Balaban J connectivity index is 1.30. The lowest BCUT2D eigenvalue weighted by atomic mass is 9.98. The Morgan fingerprint density at radius 1 is 1.28 bits per heavy atom. The Hall–Kier alpha value is -2.93. The molecule has 1 aromatic carbocycles. The van der Waals surface area contributed by atoms with E-state index < -0.39 is 0 Å². The second-order valence-corrected chi connectivity index (χ2v) is 7.65. The van der Waals surface area contributed by atoms with Crippen LogP contribution in [0, 0.1) is 19.8 Å². The molecule has 0 saturated carbocycles. The van der Waals surface area contributed by atoms with Gasteiger partial charge in [-0.2, -0.15) is 0 Å². The Morgan fingerprint density at radius 3 is 2.86 bits per heavy atom. The van der Waals surface area contributed by atoms with Crippen molar-refractivity contribution >= 4 is 5.91 Å². The summed E-state index contributed by atoms with van der Waals surface area (Å²) in [6.07, 6.45) is 2.19. The van der Waals surface area contributed by atoms with E-state index in [2.05, 4.69) is 20.4 Å². The molecule has 7 nitrogen and oxygen atoms in total. The third-order valence-electron chi connectivity index (χ3n) is 5.27. The van der Waals surface area contributed by atoms with Crippen molar-refractivity contribution in [3.05, 3.63) is 59.5 Å². The van der Waals surface area contributed by atoms with Crippen molar-refractivity contribution in [2.24, 2.45) is 5.92 Å². The van der Waals surface area contributed by atoms with E-state index in [1.165, 1.54) is 0 Å². The van der Waals surface area contributed by atoms with E-state index in [0.717, 1.165) is 49.5 Å². The highest BCUT2D eigenvalue weighted by molar-refractivity contribution is 5.92. The Kier molecular flexibility index (Phi) is 5.76. The Labute approximate surface area is 170 Å². The minimum Gasteiger partial charge on any atom is -0.436 e. The van der Waals surface area contributed by atoms with E-state index in [-0.39, 0.29) is 5.91 Å². The van der Waals surface area contributed by atoms with Crippen LogP contribution in [0.2, 0.25) is 0 Å². The summed E-state index contributed by atoms with van der Waals surface area (Å²) in [7, 11) is 0. The first-order chi connectivity index (χ1) is 14.1. The molecule has 1 unspecified atom stereocenters. The van der Waals surface area contributed by atoms with Gasteiger partial charge in [0.25, 0.3) is 5.91 Å². The van der Waals surface area contributed by atoms with Crippen LogP contribution in [0.3, 0.4) is 0 Å². The molecular formula is C22H26N4O3. The largest absolute Gasteiger partial charge is 0.436 e. The lowest BCUT2D eigenvalue weighted by molar-refractivity contribution is 0.0898. The number of aryl methyl sites for hydroxylation is 2. The van der Waals surface area contributed by atoms with Gasteiger partial charge in [0, 0.05) is 31.6 Å². The fraction of sp³-hybridized carbons (Fsp3) is 0.409. The van der Waals surface area contributed by atoms with Crippen molar-refractivity contribution in [2.45, 2.75) is 33.2 Å². The number of oxazole rings is 1. The van der Waals surface area contributed by atoms with Gasteiger partial charge in [0.05, 0.1) is 12.2 Å². The smallest absolute Gasteiger partial charge is 0.289 e. The number of hydrogen-bond donors (Lipinski definition) is 1. The summed E-state index contributed by atoms with van der Waals surface area (Å²) in [4.78, 5) is 18.9. The summed E-state index contributed by atoms with van der Waals surface area (Å²) < 4.78 is 10.9. The third-order valence-corrected chi connectivity index (χ3v) is 5.27. The average Bonchev–Trinajstić information content (AvgIpc) is 3.33. The summed E-state index contributed by atoms with van der Waals surface area (Å²) in [5.41, 5.74) is 2.55. The van der Waals surface area contributed by atoms with Gasteiger partial charge in [-0.25, -0.2) is 4.98 Å². The summed E-state index contributed by atoms with van der Waals surface area (Å²) in [5.74, 6) is 1.89. The van der Waals surface area contributed by atoms with Gasteiger partial charge in [-0.3, -0.25) is 9.69 Å². The van der Waals surface area contributed by atoms with Crippen molar-refractivity contribution in [3.8, 4) is 11.3 Å². The number of nitrogens with zero attached hydrogens (tertiary/aromatic N) is 3. The lowest BCUT2D eigenvalue weighted by Gasteiger charge is -2.31. The number of likely N-dealkylation sites (tertiary alicyclic amines) is 1. The number of carbonyl (C=O) groups is 1. The molecule has 4 rings (SSSR count). The van der Waals surface area contributed by atoms with Crippen LogP contribution in [0.25, 0.3) is 11.3 Å². The summed E-state index contributed by atoms with van der Waals surface area (Å²) >= 11 is 0. The molecule has 1 saturated heterocycles. The molecule has 1 aliphatic heterocycles. The molecule has 0 bridgehead atoms. The number of carbonyl (C=O) groups excluding carboxylic acids is 1. The van der Waals surface area contributed by atoms with Gasteiger partial charge >= 0.3 is 0 Å². The SMILES string of the molecule is Cc1nc(C)c(C(=O)NCC2CCCN(Cc3cc(-c4ccccc4)no3)C2)o1. The number of amides is 1. The van der Waals surface area contributed by atoms with Gasteiger partial charge in [-0.05, 0) is 32.2 Å². The van der Waals surface area contributed by atoms with Crippen molar-refractivity contribution in [1.29, 1.82) is 0 Å². The predicted molar refractivity (Wildman–Crippen MR) is 108 cm³/mol. The number of hydrogen-bond acceptors (Lipinski definition) is 6. The standard InChI is InChI=1S/C22H26N4O3/c1-15-21(28-16(2)24-15)22(27)23-12-17-7-6-10-26(13-17)14-19-11-20(25-29-19)18-8-4-3-5-9-18/h3-5,8-9,11,17H,6-7,10,12-14H2,1-2H3,(H,23,27). The van der Waals surface area contributed by atoms with E-state index in [9.17, 15) is 4.79 Å². The third kappa shape index (κ3) is 4.74. The zero-order chi connectivity index (χ0) is 20.2. The molecule has 7 heteroatoms. The molecule has 1 amide bonds. The van der Waals surface area contributed by atoms with E-state index >= 15 is 0 Å². The second kappa shape index (κ2) is 8.61. The van der Waals surface area contributed by atoms with Gasteiger partial charge in [-0.15, -0.1) is 0 Å². The zero-order valence-electron chi connectivity index (χ0n) is 16.9. The monoisotopic (exact) mass is 394 g/mol. The molecule has 0 spiro atoms. The first kappa shape index (κ1) is 19.4. The number of nitrogens with one attached hydrogen (secondary N) is 1. The molecule has 3 aromatic rings. The van der Waals surface area contributed by atoms with Crippen LogP contribution in [0.1, 0.15) is 40.7 Å². The molecule has 1 aliphatic rings. The normalized spacial score (nSPS) is 17.4. The van der Waals surface area contributed by atoms with Crippen LogP contribution in [0.5, 0.6) is 0 Å². The van der Waals surface area contributed by atoms with Gasteiger partial charge in [0.1, 0.15) is 5.69 Å². The van der Waals surface area contributed by atoms with Crippen LogP contribution < -0.4 is 5.32 Å². The van der Waals surface area contributed by atoms with Crippen molar-refractivity contribution in [3.63, 3.8) is 0 Å². The predicted octanol–water partition coefficient (Wildman–Crippen LogP) is 3.59. The van der Waals surface area contributed by atoms with Crippen LogP contribution >= 0.6 is 0 Å². The van der Waals surface area contributed by atoms with Crippen LogP contribution in [0.15, 0.2) is 45.3 Å². The fourth-order valence-electron chi connectivity index (χ4n) is 3.87. The molecule has 0 aliphatic carbocycles. The van der Waals surface area contributed by atoms with E-state index in [1.54, 1.807) is 13.8 Å². The van der Waals surface area contributed by atoms with Crippen molar-refractivity contribution in [1.82, 2.24) is 20.4 Å². The minimum atomic E-state index is -0.192. The van der Waals surface area contributed by atoms with Gasteiger partial charge < -0.3 is 14.3 Å². The van der Waals surface area contributed by atoms with Gasteiger partial charge in [0.2, 0.25) is 5.76 Å². The topological polar surface area (TPSA) is 84.4 Å². The molecule has 2 aromatic heterocycles. The number of rotatable bonds is 6. The highest BCUT2D eigenvalue weighted by Crippen LogP contribution is 2.22. The van der Waals surface area contributed by atoms with Crippen LogP contribution in [-0.4, -0.2) is 40.6 Å². The molecular weight excluding hydrogens is 368 g/mol. The highest BCUT2D eigenvalue weighted by atomic mass is 16.5. The van der Waals surface area contributed by atoms with E-state index in [0.29, 0.717) is 29.8 Å². The summed E-state index contributed by atoms with van der Waals surface area (Å²) in [5, 5.41) is 7.20. The minimum absolute atomic E-state index is 0.192. The van der Waals surface area contributed by atoms with Gasteiger partial charge in [-0.1, -0.05) is 35.5 Å². The zero-order valence-corrected chi connectivity index (χ0v) is 16.9. The molecule has 29 heavy (non-hydrogen) atoms. The maximum Gasteiger partial charge on any atom is 0.289 e. The lowest BCUT2D eigenvalue weighted by Crippen LogP contribution is -2.40.